The SMILES string of the molecule is O=C(Nc1n[nH]c(-c2ccccn2)n1)c1c[nH]c(C(=O)N2CCCC2)c1. The van der Waals surface area contributed by atoms with Gasteiger partial charge in [-0.15, -0.1) is 5.10 Å². The first-order valence-corrected chi connectivity index (χ1v) is 8.33. The van der Waals surface area contributed by atoms with Crippen LogP contribution in [0.4, 0.5) is 5.95 Å². The Bertz CT molecular complexity index is 926. The number of aromatic amines is 2. The Morgan fingerprint density at radius 2 is 2.04 bits per heavy atom. The molecule has 3 aromatic heterocycles. The van der Waals surface area contributed by atoms with Crippen LogP contribution < -0.4 is 5.32 Å². The zero-order valence-electron chi connectivity index (χ0n) is 13.9. The van der Waals surface area contributed by atoms with Crippen LogP contribution in [0.25, 0.3) is 11.5 Å². The van der Waals surface area contributed by atoms with Crippen molar-refractivity contribution < 1.29 is 9.59 Å². The molecule has 1 fully saturated rings. The minimum Gasteiger partial charge on any atom is -0.356 e. The molecule has 4 heterocycles. The van der Waals surface area contributed by atoms with Gasteiger partial charge in [0.15, 0.2) is 5.82 Å². The number of anilines is 1. The average molecular weight is 351 g/mol. The molecule has 9 heteroatoms. The molecule has 0 unspecified atom stereocenters. The van der Waals surface area contributed by atoms with Crippen LogP contribution in [0.5, 0.6) is 0 Å². The van der Waals surface area contributed by atoms with Crippen molar-refractivity contribution in [1.82, 2.24) is 30.0 Å². The first kappa shape index (κ1) is 16.0. The van der Waals surface area contributed by atoms with Crippen LogP contribution in [-0.4, -0.2) is 55.0 Å². The highest BCUT2D eigenvalue weighted by Crippen LogP contribution is 2.15. The molecule has 0 aliphatic carbocycles. The molecule has 0 aromatic carbocycles. The van der Waals surface area contributed by atoms with Gasteiger partial charge in [-0.1, -0.05) is 6.07 Å². The van der Waals surface area contributed by atoms with Gasteiger partial charge in [-0.3, -0.25) is 25.0 Å². The summed E-state index contributed by atoms with van der Waals surface area (Å²) < 4.78 is 0. The summed E-state index contributed by atoms with van der Waals surface area (Å²) in [4.78, 5) is 37.7. The number of nitrogens with one attached hydrogen (secondary N) is 3. The van der Waals surface area contributed by atoms with Crippen LogP contribution >= 0.6 is 0 Å². The Kier molecular flexibility index (Phi) is 4.18. The van der Waals surface area contributed by atoms with Gasteiger partial charge in [0.05, 0.1) is 5.56 Å². The van der Waals surface area contributed by atoms with Gasteiger partial charge in [-0.25, -0.2) is 0 Å². The van der Waals surface area contributed by atoms with Gasteiger partial charge in [0.25, 0.3) is 11.8 Å². The highest BCUT2D eigenvalue weighted by Gasteiger charge is 2.22. The third kappa shape index (κ3) is 3.18. The Morgan fingerprint density at radius 1 is 1.19 bits per heavy atom. The van der Waals surface area contributed by atoms with E-state index in [1.807, 2.05) is 6.07 Å². The fraction of sp³-hybridized carbons (Fsp3) is 0.235. The van der Waals surface area contributed by atoms with Crippen LogP contribution in [-0.2, 0) is 0 Å². The van der Waals surface area contributed by atoms with Crippen molar-refractivity contribution in [3.63, 3.8) is 0 Å². The second kappa shape index (κ2) is 6.79. The molecule has 3 N–H and O–H groups in total. The maximum atomic E-state index is 12.4. The lowest BCUT2D eigenvalue weighted by Crippen LogP contribution is -2.27. The second-order valence-electron chi connectivity index (χ2n) is 5.98. The van der Waals surface area contributed by atoms with Gasteiger partial charge in [0.1, 0.15) is 11.4 Å². The number of carbonyl (C=O) groups excluding carboxylic acids is 2. The Balaban J connectivity index is 1.44. The lowest BCUT2D eigenvalue weighted by Gasteiger charge is -2.13. The summed E-state index contributed by atoms with van der Waals surface area (Å²) in [6.07, 6.45) is 5.19. The van der Waals surface area contributed by atoms with E-state index in [0.29, 0.717) is 22.8 Å². The number of nitrogens with zero attached hydrogens (tertiary/aromatic N) is 4. The lowest BCUT2D eigenvalue weighted by molar-refractivity contribution is 0.0787. The second-order valence-corrected chi connectivity index (χ2v) is 5.98. The fourth-order valence-electron chi connectivity index (χ4n) is 2.85. The van der Waals surface area contributed by atoms with E-state index < -0.39 is 5.91 Å². The number of H-pyrrole nitrogens is 2. The molecular formula is C17H17N7O2. The van der Waals surface area contributed by atoms with Gasteiger partial charge >= 0.3 is 0 Å². The quantitative estimate of drug-likeness (QED) is 0.661. The molecular weight excluding hydrogens is 334 g/mol. The minimum absolute atomic E-state index is 0.0862. The van der Waals surface area contributed by atoms with Gasteiger partial charge in [0.2, 0.25) is 5.95 Å². The number of carbonyl (C=O) groups is 2. The van der Waals surface area contributed by atoms with Crippen LogP contribution in [0.3, 0.4) is 0 Å². The topological polar surface area (TPSA) is 120 Å². The van der Waals surface area contributed by atoms with E-state index >= 15 is 0 Å². The minimum atomic E-state index is -0.395. The van der Waals surface area contributed by atoms with E-state index in [1.165, 1.54) is 6.20 Å². The molecule has 1 aliphatic rings. The van der Waals surface area contributed by atoms with Crippen LogP contribution in [0.1, 0.15) is 33.7 Å². The third-order valence-electron chi connectivity index (χ3n) is 4.19. The molecule has 3 aromatic rings. The van der Waals surface area contributed by atoms with Crippen molar-refractivity contribution in [2.24, 2.45) is 0 Å². The normalized spacial score (nSPS) is 13.8. The average Bonchev–Trinajstić information content (AvgIpc) is 3.42. The predicted molar refractivity (Wildman–Crippen MR) is 93.5 cm³/mol. The first-order chi connectivity index (χ1) is 12.7. The largest absolute Gasteiger partial charge is 0.356 e. The van der Waals surface area contributed by atoms with E-state index in [9.17, 15) is 9.59 Å². The van der Waals surface area contributed by atoms with Gasteiger partial charge < -0.3 is 9.88 Å². The highest BCUT2D eigenvalue weighted by atomic mass is 16.2. The number of aromatic nitrogens is 5. The molecule has 0 saturated carbocycles. The number of hydrogen-bond donors (Lipinski definition) is 3. The summed E-state index contributed by atoms with van der Waals surface area (Å²) in [6, 6.07) is 6.97. The Hall–Kier alpha value is -3.49. The molecule has 0 atom stereocenters. The maximum Gasteiger partial charge on any atom is 0.270 e. The van der Waals surface area contributed by atoms with E-state index in [-0.39, 0.29) is 11.9 Å². The van der Waals surface area contributed by atoms with Gasteiger partial charge in [-0.2, -0.15) is 4.98 Å². The zero-order chi connectivity index (χ0) is 17.9. The lowest BCUT2D eigenvalue weighted by atomic mass is 10.3. The monoisotopic (exact) mass is 351 g/mol. The Labute approximate surface area is 148 Å². The van der Waals surface area contributed by atoms with Crippen LogP contribution in [0.15, 0.2) is 36.7 Å². The fourth-order valence-corrected chi connectivity index (χ4v) is 2.85. The van der Waals surface area contributed by atoms with Gasteiger partial charge in [0, 0.05) is 25.5 Å². The predicted octanol–water partition coefficient (Wildman–Crippen LogP) is 1.68. The van der Waals surface area contributed by atoms with Crippen LogP contribution in [0, 0.1) is 0 Å². The van der Waals surface area contributed by atoms with Crippen molar-refractivity contribution in [1.29, 1.82) is 0 Å². The molecule has 0 spiro atoms. The smallest absolute Gasteiger partial charge is 0.270 e. The number of amides is 2. The molecule has 4 rings (SSSR count). The number of rotatable bonds is 4. The highest BCUT2D eigenvalue weighted by molar-refractivity contribution is 6.05. The molecule has 1 aliphatic heterocycles. The van der Waals surface area contributed by atoms with Gasteiger partial charge in [-0.05, 0) is 31.0 Å². The van der Waals surface area contributed by atoms with Crippen LogP contribution in [0.2, 0.25) is 0 Å². The van der Waals surface area contributed by atoms with Crippen molar-refractivity contribution in [2.45, 2.75) is 12.8 Å². The maximum absolute atomic E-state index is 12.4. The summed E-state index contributed by atoms with van der Waals surface area (Å²) in [5.41, 5.74) is 1.37. The van der Waals surface area contributed by atoms with E-state index in [0.717, 1.165) is 25.9 Å². The molecule has 0 bridgehead atoms. The summed E-state index contributed by atoms with van der Waals surface area (Å²) in [5.74, 6) is 0.120. The Morgan fingerprint density at radius 3 is 2.81 bits per heavy atom. The summed E-state index contributed by atoms with van der Waals surface area (Å²) in [7, 11) is 0. The number of hydrogen-bond acceptors (Lipinski definition) is 5. The molecule has 26 heavy (non-hydrogen) atoms. The standard InChI is InChI=1S/C17H17N7O2/c25-15(11-9-13(19-10-11)16(26)24-7-3-4-8-24)21-17-20-14(22-23-17)12-5-1-2-6-18-12/h1-2,5-6,9-10,19H,3-4,7-8H2,(H2,20,21,22,23,25). The van der Waals surface area contributed by atoms with E-state index in [4.69, 9.17) is 0 Å². The van der Waals surface area contributed by atoms with Crippen molar-refractivity contribution in [3.05, 3.63) is 47.9 Å². The molecule has 132 valence electrons. The summed E-state index contributed by atoms with van der Waals surface area (Å²) in [6.45, 7) is 1.51. The first-order valence-electron chi connectivity index (χ1n) is 8.33. The van der Waals surface area contributed by atoms with Crippen molar-refractivity contribution in [2.75, 3.05) is 18.4 Å². The number of pyridine rings is 1. The van der Waals surface area contributed by atoms with Crippen molar-refractivity contribution >= 4 is 17.8 Å². The third-order valence-corrected chi connectivity index (χ3v) is 4.19. The van der Waals surface area contributed by atoms with Crippen molar-refractivity contribution in [3.8, 4) is 11.5 Å². The number of likely N-dealkylation sites (tertiary alicyclic amines) is 1. The molecule has 1 saturated heterocycles. The molecule has 0 radical (unpaired) electrons. The zero-order valence-corrected chi connectivity index (χ0v) is 13.9. The summed E-state index contributed by atoms with van der Waals surface area (Å²) in [5, 5.41) is 9.31. The molecule has 9 nitrogen and oxygen atoms in total. The summed E-state index contributed by atoms with van der Waals surface area (Å²) >= 11 is 0. The molecule has 2 amide bonds. The van der Waals surface area contributed by atoms with E-state index in [1.54, 1.807) is 29.3 Å². The van der Waals surface area contributed by atoms with E-state index in [2.05, 4.69) is 30.5 Å².